The first kappa shape index (κ1) is 13.8. The molecule has 0 atom stereocenters. The molecule has 2 nitrogen and oxygen atoms in total. The first-order valence-corrected chi connectivity index (χ1v) is 5.95. The molecule has 0 amide bonds. The normalized spacial score (nSPS) is 12.2. The summed E-state index contributed by atoms with van der Waals surface area (Å²) < 4.78 is 0. The fraction of sp³-hybridized carbons (Fsp3) is 0.500. The van der Waals surface area contributed by atoms with E-state index < -0.39 is 0 Å². The van der Waals surface area contributed by atoms with Crippen LogP contribution in [0.1, 0.15) is 25.8 Å². The molecule has 0 aliphatic rings. The molecule has 0 fully saturated rings. The van der Waals surface area contributed by atoms with Crippen molar-refractivity contribution in [1.29, 1.82) is 0 Å². The maximum absolute atomic E-state index is 9.46. The van der Waals surface area contributed by atoms with E-state index in [-0.39, 0.29) is 5.54 Å². The number of halogens is 2. The summed E-state index contributed by atoms with van der Waals surface area (Å²) >= 11 is 12.0. The minimum atomic E-state index is -0.272. The summed E-state index contributed by atoms with van der Waals surface area (Å²) in [4.78, 5) is 0. The number of rotatable bonds is 4. The van der Waals surface area contributed by atoms with Crippen molar-refractivity contribution < 1.29 is 5.21 Å². The monoisotopic (exact) mass is 261 g/mol. The third kappa shape index (κ3) is 3.63. The van der Waals surface area contributed by atoms with Crippen molar-refractivity contribution in [2.45, 2.75) is 32.2 Å². The van der Waals surface area contributed by atoms with E-state index in [0.29, 0.717) is 5.02 Å². The Labute approximate surface area is 107 Å². The van der Waals surface area contributed by atoms with Gasteiger partial charge in [-0.25, -0.2) is 0 Å². The summed E-state index contributed by atoms with van der Waals surface area (Å²) in [5, 5.41) is 12.1. The van der Waals surface area contributed by atoms with Gasteiger partial charge in [0.25, 0.3) is 0 Å². The van der Waals surface area contributed by atoms with E-state index in [9.17, 15) is 5.21 Å². The molecule has 0 aliphatic heterocycles. The zero-order valence-corrected chi connectivity index (χ0v) is 11.3. The van der Waals surface area contributed by atoms with Crippen LogP contribution >= 0.6 is 23.2 Å². The zero-order chi connectivity index (χ0) is 12.3. The summed E-state index contributed by atoms with van der Waals surface area (Å²) in [6, 6.07) is 5.45. The topological polar surface area (TPSA) is 23.5 Å². The van der Waals surface area contributed by atoms with E-state index in [4.69, 9.17) is 23.2 Å². The van der Waals surface area contributed by atoms with Gasteiger partial charge in [0, 0.05) is 22.6 Å². The first-order chi connectivity index (χ1) is 7.33. The lowest BCUT2D eigenvalue weighted by molar-refractivity contribution is -0.141. The average molecular weight is 262 g/mol. The number of nitrogens with zero attached hydrogens (tertiary/aromatic N) is 1. The highest BCUT2D eigenvalue weighted by Crippen LogP contribution is 2.25. The predicted octanol–water partition coefficient (Wildman–Crippen LogP) is 4.03. The molecule has 0 saturated heterocycles. The largest absolute Gasteiger partial charge is 0.314 e. The van der Waals surface area contributed by atoms with Crippen LogP contribution < -0.4 is 0 Å². The van der Waals surface area contributed by atoms with Crippen LogP contribution in [-0.4, -0.2) is 22.9 Å². The molecular weight excluding hydrogens is 245 g/mol. The van der Waals surface area contributed by atoms with Gasteiger partial charge >= 0.3 is 0 Å². The van der Waals surface area contributed by atoms with Crippen molar-refractivity contribution in [1.82, 2.24) is 5.06 Å². The van der Waals surface area contributed by atoms with E-state index in [1.807, 2.05) is 19.9 Å². The lowest BCUT2D eigenvalue weighted by Crippen LogP contribution is -2.38. The molecule has 1 rings (SSSR count). The van der Waals surface area contributed by atoms with Gasteiger partial charge in [0.05, 0.1) is 0 Å². The van der Waals surface area contributed by atoms with Gasteiger partial charge in [0.2, 0.25) is 0 Å². The van der Waals surface area contributed by atoms with Gasteiger partial charge in [0.1, 0.15) is 0 Å². The summed E-state index contributed by atoms with van der Waals surface area (Å²) in [5.74, 6) is 0. The second-order valence-corrected chi connectivity index (χ2v) is 5.42. The van der Waals surface area contributed by atoms with Gasteiger partial charge in [-0.2, -0.15) is 5.06 Å². The maximum atomic E-state index is 9.46. The van der Waals surface area contributed by atoms with Crippen LogP contribution in [0.15, 0.2) is 18.2 Å². The maximum Gasteiger partial charge on any atom is 0.0439 e. The van der Waals surface area contributed by atoms with E-state index in [1.165, 1.54) is 5.06 Å². The second kappa shape index (κ2) is 5.37. The standard InChI is InChI=1S/C12H17Cl2NO/c1-12(2,15(3)16)7-6-9-8-10(13)4-5-11(9)14/h4-5,8,16H,6-7H2,1-3H3. The summed E-state index contributed by atoms with van der Waals surface area (Å²) in [5.41, 5.74) is 0.746. The molecule has 1 N–H and O–H groups in total. The Morgan fingerprint density at radius 3 is 2.50 bits per heavy atom. The Balaban J connectivity index is 2.71. The van der Waals surface area contributed by atoms with Crippen LogP contribution in [0.3, 0.4) is 0 Å². The van der Waals surface area contributed by atoms with E-state index in [2.05, 4.69) is 0 Å². The van der Waals surface area contributed by atoms with Crippen LogP contribution in [0.25, 0.3) is 0 Å². The van der Waals surface area contributed by atoms with Crippen LogP contribution in [-0.2, 0) is 6.42 Å². The van der Waals surface area contributed by atoms with Crippen molar-refractivity contribution in [3.63, 3.8) is 0 Å². The number of aryl methyl sites for hydroxylation is 1. The predicted molar refractivity (Wildman–Crippen MR) is 68.4 cm³/mol. The second-order valence-electron chi connectivity index (χ2n) is 4.57. The molecule has 0 aliphatic carbocycles. The van der Waals surface area contributed by atoms with Crippen molar-refractivity contribution in [3.05, 3.63) is 33.8 Å². The first-order valence-electron chi connectivity index (χ1n) is 5.19. The molecule has 0 saturated carbocycles. The molecule has 1 aromatic carbocycles. The van der Waals surface area contributed by atoms with Crippen LogP contribution in [0.5, 0.6) is 0 Å². The van der Waals surface area contributed by atoms with Gasteiger partial charge in [-0.05, 0) is 50.5 Å². The molecule has 0 bridgehead atoms. The number of hydrogen-bond donors (Lipinski definition) is 1. The van der Waals surface area contributed by atoms with Gasteiger partial charge in [-0.1, -0.05) is 23.2 Å². The van der Waals surface area contributed by atoms with Crippen molar-refractivity contribution in [3.8, 4) is 0 Å². The third-order valence-electron chi connectivity index (χ3n) is 2.89. The highest BCUT2D eigenvalue weighted by atomic mass is 35.5. The molecule has 0 heterocycles. The van der Waals surface area contributed by atoms with E-state index >= 15 is 0 Å². The molecule has 16 heavy (non-hydrogen) atoms. The number of hydroxylamine groups is 2. The minimum absolute atomic E-state index is 0.272. The summed E-state index contributed by atoms with van der Waals surface area (Å²) in [6.45, 7) is 3.96. The minimum Gasteiger partial charge on any atom is -0.314 e. The Bertz CT molecular complexity index is 364. The molecular formula is C12H17Cl2NO. The number of benzene rings is 1. The fourth-order valence-corrected chi connectivity index (χ4v) is 1.74. The SMILES string of the molecule is CN(O)C(C)(C)CCc1cc(Cl)ccc1Cl. The molecule has 0 unspecified atom stereocenters. The Kier molecular flexibility index (Phi) is 4.62. The zero-order valence-electron chi connectivity index (χ0n) is 9.80. The molecule has 4 heteroatoms. The van der Waals surface area contributed by atoms with Crippen molar-refractivity contribution in [2.24, 2.45) is 0 Å². The third-order valence-corrected chi connectivity index (χ3v) is 3.49. The lowest BCUT2D eigenvalue weighted by Gasteiger charge is -2.30. The van der Waals surface area contributed by atoms with Crippen molar-refractivity contribution in [2.75, 3.05) is 7.05 Å². The molecule has 1 aromatic rings. The summed E-state index contributed by atoms with van der Waals surface area (Å²) in [6.07, 6.45) is 1.59. The van der Waals surface area contributed by atoms with Gasteiger partial charge in [-0.3, -0.25) is 0 Å². The lowest BCUT2D eigenvalue weighted by atomic mass is 9.95. The smallest absolute Gasteiger partial charge is 0.0439 e. The van der Waals surface area contributed by atoms with Crippen molar-refractivity contribution >= 4 is 23.2 Å². The van der Waals surface area contributed by atoms with E-state index in [1.54, 1.807) is 19.2 Å². The summed E-state index contributed by atoms with van der Waals surface area (Å²) in [7, 11) is 1.65. The molecule has 0 aromatic heterocycles. The Morgan fingerprint density at radius 1 is 1.31 bits per heavy atom. The highest BCUT2D eigenvalue weighted by Gasteiger charge is 2.22. The van der Waals surface area contributed by atoms with Gasteiger partial charge < -0.3 is 5.21 Å². The number of hydrogen-bond acceptors (Lipinski definition) is 2. The Hall–Kier alpha value is -0.280. The highest BCUT2D eigenvalue weighted by molar-refractivity contribution is 6.33. The molecule has 90 valence electrons. The average Bonchev–Trinajstić information content (AvgIpc) is 2.19. The van der Waals surface area contributed by atoms with Gasteiger partial charge in [0.15, 0.2) is 0 Å². The van der Waals surface area contributed by atoms with Crippen LogP contribution in [0, 0.1) is 0 Å². The fourth-order valence-electron chi connectivity index (χ4n) is 1.34. The quantitative estimate of drug-likeness (QED) is 0.828. The van der Waals surface area contributed by atoms with Crippen LogP contribution in [0.2, 0.25) is 10.0 Å². The molecule has 0 radical (unpaired) electrons. The Morgan fingerprint density at radius 2 is 1.94 bits per heavy atom. The van der Waals surface area contributed by atoms with Gasteiger partial charge in [-0.15, -0.1) is 0 Å². The van der Waals surface area contributed by atoms with E-state index in [0.717, 1.165) is 23.4 Å². The molecule has 0 spiro atoms. The van der Waals surface area contributed by atoms with Crippen LogP contribution in [0.4, 0.5) is 0 Å².